The van der Waals surface area contributed by atoms with Crippen LogP contribution in [0.5, 0.6) is 0 Å². The van der Waals surface area contributed by atoms with Crippen molar-refractivity contribution in [3.8, 4) is 0 Å². The number of anilines is 1. The quantitative estimate of drug-likeness (QED) is 0.804. The number of aryl methyl sites for hydroxylation is 2. The number of H-pyrrole nitrogens is 1. The lowest BCUT2D eigenvalue weighted by Crippen LogP contribution is -2.52. The van der Waals surface area contributed by atoms with E-state index in [1.807, 2.05) is 0 Å². The molecule has 0 spiro atoms. The van der Waals surface area contributed by atoms with E-state index in [1.165, 1.54) is 18.1 Å². The van der Waals surface area contributed by atoms with E-state index in [-0.39, 0.29) is 10.9 Å². The van der Waals surface area contributed by atoms with Crippen molar-refractivity contribution in [2.45, 2.75) is 24.3 Å². The Morgan fingerprint density at radius 1 is 1.30 bits per heavy atom. The van der Waals surface area contributed by atoms with Gasteiger partial charge in [0.15, 0.2) is 10.8 Å². The molecule has 2 aliphatic rings. The minimum Gasteiger partial charge on any atom is -0.354 e. The van der Waals surface area contributed by atoms with Crippen LogP contribution in [0.3, 0.4) is 0 Å². The highest BCUT2D eigenvalue weighted by Gasteiger charge is 2.30. The van der Waals surface area contributed by atoms with Crippen LogP contribution in [-0.4, -0.2) is 48.2 Å². The molecule has 3 heterocycles. The summed E-state index contributed by atoms with van der Waals surface area (Å²) < 4.78 is 26.6. The summed E-state index contributed by atoms with van der Waals surface area (Å²) in [5.74, 6) is 1.18. The molecule has 122 valence electrons. The number of hydrogen-bond donors (Lipinski definition) is 2. The molecule has 4 rings (SSSR count). The second kappa shape index (κ2) is 5.57. The van der Waals surface area contributed by atoms with Crippen LogP contribution in [0.25, 0.3) is 0 Å². The molecule has 0 saturated carbocycles. The Labute approximate surface area is 134 Å². The number of nitrogens with one attached hydrogen (secondary N) is 2. The van der Waals surface area contributed by atoms with Gasteiger partial charge >= 0.3 is 0 Å². The molecule has 0 unspecified atom stereocenters. The average molecular weight is 334 g/mol. The van der Waals surface area contributed by atoms with Gasteiger partial charge in [-0.05, 0) is 30.9 Å². The normalized spacial score (nSPS) is 18.0. The first-order chi connectivity index (χ1) is 11.1. The molecule has 1 aliphatic carbocycles. The largest absolute Gasteiger partial charge is 0.354 e. The lowest BCUT2D eigenvalue weighted by atomic mass is 10.0. The molecule has 0 radical (unpaired) electrons. The summed E-state index contributed by atoms with van der Waals surface area (Å²) in [5.41, 5.74) is 2.43. The molecule has 2 aromatic heterocycles. The molecule has 8 nitrogen and oxygen atoms in total. The standard InChI is InChI=1S/C14H18N6O2S/c21-23(22,14-6-15-9-16-14)17-5-10-7-20(8-10)13-4-11-2-1-3-12(11)18-19-13/h4,6,9-10,17H,1-3,5,7-8H2,(H,15,16). The van der Waals surface area contributed by atoms with Crippen LogP contribution in [0, 0.1) is 5.92 Å². The van der Waals surface area contributed by atoms with E-state index >= 15 is 0 Å². The van der Waals surface area contributed by atoms with Crippen LogP contribution in [0.2, 0.25) is 0 Å². The minimum absolute atomic E-state index is 0.0955. The first-order valence-corrected chi connectivity index (χ1v) is 9.18. The number of sulfonamides is 1. The molecular formula is C14H18N6O2S. The van der Waals surface area contributed by atoms with Gasteiger partial charge in [0.05, 0.1) is 18.2 Å². The highest BCUT2D eigenvalue weighted by Crippen LogP contribution is 2.27. The predicted molar refractivity (Wildman–Crippen MR) is 83.5 cm³/mol. The Morgan fingerprint density at radius 2 is 2.17 bits per heavy atom. The topological polar surface area (TPSA) is 104 Å². The van der Waals surface area contributed by atoms with Crippen molar-refractivity contribution in [1.82, 2.24) is 24.9 Å². The van der Waals surface area contributed by atoms with Gasteiger partial charge in [-0.25, -0.2) is 18.1 Å². The third-order valence-corrected chi connectivity index (χ3v) is 5.76. The van der Waals surface area contributed by atoms with E-state index in [9.17, 15) is 8.42 Å². The summed E-state index contributed by atoms with van der Waals surface area (Å²) in [6.45, 7) is 1.99. The van der Waals surface area contributed by atoms with Crippen molar-refractivity contribution in [2.24, 2.45) is 5.92 Å². The molecule has 1 saturated heterocycles. The lowest BCUT2D eigenvalue weighted by molar-refractivity contribution is 0.402. The van der Waals surface area contributed by atoms with Gasteiger partial charge in [-0.2, -0.15) is 5.10 Å². The molecule has 0 amide bonds. The Morgan fingerprint density at radius 3 is 2.96 bits per heavy atom. The number of nitrogens with zero attached hydrogens (tertiary/aromatic N) is 4. The van der Waals surface area contributed by atoms with E-state index in [4.69, 9.17) is 0 Å². The number of rotatable bonds is 5. The van der Waals surface area contributed by atoms with Gasteiger partial charge in [0.2, 0.25) is 0 Å². The molecule has 1 fully saturated rings. The number of fused-ring (bicyclic) bond motifs is 1. The van der Waals surface area contributed by atoms with Crippen molar-refractivity contribution in [3.63, 3.8) is 0 Å². The van der Waals surface area contributed by atoms with Gasteiger partial charge in [0.25, 0.3) is 10.0 Å². The number of aromatic amines is 1. The first-order valence-electron chi connectivity index (χ1n) is 7.70. The maximum Gasteiger partial charge on any atom is 0.257 e. The second-order valence-corrected chi connectivity index (χ2v) is 7.80. The summed E-state index contributed by atoms with van der Waals surface area (Å²) in [6, 6.07) is 2.13. The smallest absolute Gasteiger partial charge is 0.257 e. The summed E-state index contributed by atoms with van der Waals surface area (Å²) in [5, 5.41) is 8.67. The molecular weight excluding hydrogens is 316 g/mol. The monoisotopic (exact) mass is 334 g/mol. The van der Waals surface area contributed by atoms with Gasteiger partial charge < -0.3 is 9.88 Å². The maximum atomic E-state index is 12.0. The zero-order valence-electron chi connectivity index (χ0n) is 12.6. The van der Waals surface area contributed by atoms with Gasteiger partial charge in [-0.3, -0.25) is 0 Å². The van der Waals surface area contributed by atoms with E-state index in [0.717, 1.165) is 43.9 Å². The lowest BCUT2D eigenvalue weighted by Gasteiger charge is -2.40. The van der Waals surface area contributed by atoms with Crippen LogP contribution in [0.15, 0.2) is 23.6 Å². The highest BCUT2D eigenvalue weighted by molar-refractivity contribution is 7.89. The summed E-state index contributed by atoms with van der Waals surface area (Å²) in [7, 11) is -3.49. The van der Waals surface area contributed by atoms with Gasteiger partial charge in [0.1, 0.15) is 0 Å². The number of aromatic nitrogens is 4. The van der Waals surface area contributed by atoms with Gasteiger partial charge in [-0.1, -0.05) is 0 Å². The van der Waals surface area contributed by atoms with Crippen LogP contribution >= 0.6 is 0 Å². The number of hydrogen-bond acceptors (Lipinski definition) is 6. The van der Waals surface area contributed by atoms with Crippen LogP contribution in [0.1, 0.15) is 17.7 Å². The minimum atomic E-state index is -3.49. The maximum absolute atomic E-state index is 12.0. The van der Waals surface area contributed by atoms with Crippen LogP contribution in [0.4, 0.5) is 5.82 Å². The van der Waals surface area contributed by atoms with Crippen molar-refractivity contribution in [2.75, 3.05) is 24.5 Å². The molecule has 2 N–H and O–H groups in total. The predicted octanol–water partition coefficient (Wildman–Crippen LogP) is 0.103. The molecule has 9 heteroatoms. The Bertz CT molecular complexity index is 799. The fraction of sp³-hybridized carbons (Fsp3) is 0.500. The Balaban J connectivity index is 1.32. The van der Waals surface area contributed by atoms with Crippen molar-refractivity contribution in [1.29, 1.82) is 0 Å². The van der Waals surface area contributed by atoms with Crippen molar-refractivity contribution in [3.05, 3.63) is 29.8 Å². The van der Waals surface area contributed by atoms with Crippen LogP contribution < -0.4 is 9.62 Å². The zero-order chi connectivity index (χ0) is 15.9. The van der Waals surface area contributed by atoms with E-state index in [1.54, 1.807) is 0 Å². The molecule has 23 heavy (non-hydrogen) atoms. The first kappa shape index (κ1) is 14.6. The molecule has 2 aromatic rings. The van der Waals surface area contributed by atoms with Crippen LogP contribution in [-0.2, 0) is 22.9 Å². The fourth-order valence-corrected chi connectivity index (χ4v) is 4.07. The number of imidazole rings is 1. The molecule has 1 aliphatic heterocycles. The molecule has 0 aromatic carbocycles. The van der Waals surface area contributed by atoms with E-state index < -0.39 is 10.0 Å². The molecule has 0 bridgehead atoms. The third-order valence-electron chi connectivity index (χ3n) is 4.41. The summed E-state index contributed by atoms with van der Waals surface area (Å²) >= 11 is 0. The van der Waals surface area contributed by atoms with Gasteiger partial charge in [0, 0.05) is 25.6 Å². The van der Waals surface area contributed by atoms with Gasteiger partial charge in [-0.15, -0.1) is 5.10 Å². The third kappa shape index (κ3) is 2.81. The fourth-order valence-electron chi connectivity index (χ4n) is 3.05. The Hall–Kier alpha value is -2.00. The second-order valence-electron chi connectivity index (χ2n) is 6.07. The summed E-state index contributed by atoms with van der Waals surface area (Å²) in [6.07, 6.45) is 5.92. The average Bonchev–Trinajstić information content (AvgIpc) is 3.16. The highest BCUT2D eigenvalue weighted by atomic mass is 32.2. The van der Waals surface area contributed by atoms with E-state index in [0.29, 0.717) is 6.54 Å². The SMILES string of the molecule is O=S(=O)(NCC1CN(c2cc3c(nn2)CCC3)C1)c1cnc[nH]1. The van der Waals surface area contributed by atoms with Crippen molar-refractivity contribution >= 4 is 15.8 Å². The van der Waals surface area contributed by atoms with E-state index in [2.05, 4.69) is 35.9 Å². The zero-order valence-corrected chi connectivity index (χ0v) is 13.4. The Kier molecular flexibility index (Phi) is 3.53. The summed E-state index contributed by atoms with van der Waals surface area (Å²) in [4.78, 5) is 8.48. The van der Waals surface area contributed by atoms with Crippen molar-refractivity contribution < 1.29 is 8.42 Å². The molecule has 0 atom stereocenters.